The van der Waals surface area contributed by atoms with Crippen LogP contribution in [0.1, 0.15) is 20.8 Å². The Bertz CT molecular complexity index is 116. The number of hydrazone groups is 1. The Hall–Kier alpha value is -0.790. The minimum atomic E-state index is 0.361. The Kier molecular flexibility index (Phi) is 2.99. The molecule has 0 aliphatic carbocycles. The average molecular weight is 126 g/mol. The number of rotatable bonds is 3. The van der Waals surface area contributed by atoms with Crippen molar-refractivity contribution in [3.05, 3.63) is 12.3 Å². The minimum absolute atomic E-state index is 0.361. The topological polar surface area (TPSA) is 15.6 Å². The van der Waals surface area contributed by atoms with Gasteiger partial charge in [-0.25, -0.2) is 0 Å². The van der Waals surface area contributed by atoms with E-state index in [1.165, 1.54) is 0 Å². The van der Waals surface area contributed by atoms with E-state index in [-0.39, 0.29) is 0 Å². The zero-order valence-electron chi connectivity index (χ0n) is 6.39. The van der Waals surface area contributed by atoms with Gasteiger partial charge in [-0.15, -0.1) is 0 Å². The Morgan fingerprint density at radius 3 is 2.00 bits per heavy atom. The van der Waals surface area contributed by atoms with Gasteiger partial charge in [0.15, 0.2) is 0 Å². The molecular formula is C7H14N2. The van der Waals surface area contributed by atoms with Crippen molar-refractivity contribution in [1.82, 2.24) is 5.01 Å². The highest BCUT2D eigenvalue weighted by molar-refractivity contribution is 5.23. The zero-order chi connectivity index (χ0) is 7.44. The molecule has 0 saturated heterocycles. The van der Waals surface area contributed by atoms with Gasteiger partial charge >= 0.3 is 0 Å². The lowest BCUT2D eigenvalue weighted by atomic mass is 10.3. The van der Waals surface area contributed by atoms with Crippen molar-refractivity contribution in [3.8, 4) is 0 Å². The highest BCUT2D eigenvalue weighted by atomic mass is 15.5. The molecule has 0 aromatic rings. The summed E-state index contributed by atoms with van der Waals surface area (Å²) in [4.78, 5) is 0. The van der Waals surface area contributed by atoms with E-state index in [2.05, 4.69) is 18.4 Å². The third-order valence-electron chi connectivity index (χ3n) is 1.03. The Morgan fingerprint density at radius 2 is 2.00 bits per heavy atom. The number of hydrogen-bond acceptors (Lipinski definition) is 2. The molecule has 0 fully saturated rings. The van der Waals surface area contributed by atoms with Gasteiger partial charge in [-0.3, -0.25) is 5.01 Å². The van der Waals surface area contributed by atoms with E-state index >= 15 is 0 Å². The van der Waals surface area contributed by atoms with Crippen LogP contribution >= 0.6 is 0 Å². The molecule has 0 atom stereocenters. The molecule has 0 heterocycles. The standard InChI is InChI=1S/C7H14N2/c1-6(2)9(8-5)7(3)4/h7H,1,5H2,2-4H3. The fraction of sp³-hybridized carbons (Fsp3) is 0.571. The maximum absolute atomic E-state index is 3.77. The molecule has 0 saturated carbocycles. The van der Waals surface area contributed by atoms with Crippen molar-refractivity contribution in [1.29, 1.82) is 0 Å². The summed E-state index contributed by atoms with van der Waals surface area (Å²) in [5.41, 5.74) is 0.931. The first-order chi connectivity index (χ1) is 4.09. The second-order valence-corrected chi connectivity index (χ2v) is 2.32. The molecule has 0 rings (SSSR count). The monoisotopic (exact) mass is 126 g/mol. The maximum atomic E-state index is 3.77. The van der Waals surface area contributed by atoms with E-state index in [0.717, 1.165) is 5.70 Å². The van der Waals surface area contributed by atoms with Crippen LogP contribution in [0.15, 0.2) is 17.4 Å². The first-order valence-corrected chi connectivity index (χ1v) is 3.01. The molecule has 52 valence electrons. The molecule has 0 aliphatic rings. The second-order valence-electron chi connectivity index (χ2n) is 2.32. The Balaban J connectivity index is 3.98. The fourth-order valence-corrected chi connectivity index (χ4v) is 0.725. The number of hydrogen-bond donors (Lipinski definition) is 0. The molecule has 2 heteroatoms. The smallest absolute Gasteiger partial charge is 0.0465 e. The third-order valence-corrected chi connectivity index (χ3v) is 1.03. The molecule has 0 amide bonds. The first kappa shape index (κ1) is 8.21. The highest BCUT2D eigenvalue weighted by Crippen LogP contribution is 2.05. The Labute approximate surface area is 56.9 Å². The summed E-state index contributed by atoms with van der Waals surface area (Å²) in [6, 6.07) is 0.361. The molecule has 0 bridgehead atoms. The van der Waals surface area contributed by atoms with E-state index in [1.807, 2.05) is 20.8 Å². The largest absolute Gasteiger partial charge is 0.269 e. The van der Waals surface area contributed by atoms with Crippen LogP contribution in [0.3, 0.4) is 0 Å². The van der Waals surface area contributed by atoms with Gasteiger partial charge in [0.1, 0.15) is 0 Å². The molecule has 2 nitrogen and oxygen atoms in total. The van der Waals surface area contributed by atoms with Crippen LogP contribution in [-0.4, -0.2) is 17.8 Å². The van der Waals surface area contributed by atoms with Gasteiger partial charge in [-0.1, -0.05) is 6.58 Å². The molecule has 0 aromatic carbocycles. The SMILES string of the molecule is C=NN(C(=C)C)C(C)C. The van der Waals surface area contributed by atoms with Gasteiger partial charge < -0.3 is 0 Å². The van der Waals surface area contributed by atoms with Gasteiger partial charge in [-0.05, 0) is 20.8 Å². The summed E-state index contributed by atoms with van der Waals surface area (Å²) in [5.74, 6) is 0. The molecule has 0 radical (unpaired) electrons. The first-order valence-electron chi connectivity index (χ1n) is 3.01. The summed E-state index contributed by atoms with van der Waals surface area (Å²) in [7, 11) is 0. The molecule has 0 aliphatic heterocycles. The average Bonchev–Trinajstić information content (AvgIpc) is 1.64. The predicted molar refractivity (Wildman–Crippen MR) is 41.3 cm³/mol. The molecule has 9 heavy (non-hydrogen) atoms. The maximum Gasteiger partial charge on any atom is 0.0465 e. The summed E-state index contributed by atoms with van der Waals surface area (Å²) in [6.07, 6.45) is 0. The van der Waals surface area contributed by atoms with Crippen molar-refractivity contribution < 1.29 is 0 Å². The lowest BCUT2D eigenvalue weighted by molar-refractivity contribution is 0.303. The molecule has 0 N–H and O–H groups in total. The fourth-order valence-electron chi connectivity index (χ4n) is 0.725. The van der Waals surface area contributed by atoms with Crippen LogP contribution in [0.25, 0.3) is 0 Å². The van der Waals surface area contributed by atoms with E-state index in [9.17, 15) is 0 Å². The van der Waals surface area contributed by atoms with Gasteiger partial charge in [0.25, 0.3) is 0 Å². The summed E-state index contributed by atoms with van der Waals surface area (Å²) in [6.45, 7) is 13.2. The highest BCUT2D eigenvalue weighted by Gasteiger charge is 2.03. The summed E-state index contributed by atoms with van der Waals surface area (Å²) >= 11 is 0. The number of allylic oxidation sites excluding steroid dienone is 1. The van der Waals surface area contributed by atoms with E-state index in [1.54, 1.807) is 5.01 Å². The third kappa shape index (κ3) is 2.31. The van der Waals surface area contributed by atoms with Crippen LogP contribution in [0, 0.1) is 0 Å². The van der Waals surface area contributed by atoms with Crippen LogP contribution in [0.5, 0.6) is 0 Å². The van der Waals surface area contributed by atoms with Crippen LogP contribution < -0.4 is 0 Å². The van der Waals surface area contributed by atoms with E-state index in [4.69, 9.17) is 0 Å². The van der Waals surface area contributed by atoms with Crippen molar-refractivity contribution in [2.45, 2.75) is 26.8 Å². The quantitative estimate of drug-likeness (QED) is 0.416. The van der Waals surface area contributed by atoms with E-state index < -0.39 is 0 Å². The number of nitrogens with zero attached hydrogens (tertiary/aromatic N) is 2. The van der Waals surface area contributed by atoms with E-state index in [0.29, 0.717) is 6.04 Å². The van der Waals surface area contributed by atoms with Gasteiger partial charge in [0.2, 0.25) is 0 Å². The van der Waals surface area contributed by atoms with Crippen molar-refractivity contribution in [2.24, 2.45) is 5.10 Å². The lowest BCUT2D eigenvalue weighted by Crippen LogP contribution is -2.22. The predicted octanol–water partition coefficient (Wildman–Crippen LogP) is 1.85. The second kappa shape index (κ2) is 3.28. The Morgan fingerprint density at radius 1 is 1.56 bits per heavy atom. The van der Waals surface area contributed by atoms with Crippen LogP contribution in [0.4, 0.5) is 0 Å². The van der Waals surface area contributed by atoms with Gasteiger partial charge in [-0.2, -0.15) is 5.10 Å². The molecular weight excluding hydrogens is 112 g/mol. The molecule has 0 unspecified atom stereocenters. The van der Waals surface area contributed by atoms with Gasteiger partial charge in [0.05, 0.1) is 0 Å². The minimum Gasteiger partial charge on any atom is -0.269 e. The van der Waals surface area contributed by atoms with Crippen LogP contribution in [0.2, 0.25) is 0 Å². The van der Waals surface area contributed by atoms with Crippen molar-refractivity contribution in [3.63, 3.8) is 0 Å². The lowest BCUT2D eigenvalue weighted by Gasteiger charge is -2.21. The van der Waals surface area contributed by atoms with Crippen LogP contribution in [-0.2, 0) is 0 Å². The van der Waals surface area contributed by atoms with Crippen molar-refractivity contribution >= 4 is 6.72 Å². The normalized spacial score (nSPS) is 9.33. The molecule has 0 aromatic heterocycles. The molecule has 0 spiro atoms. The summed E-state index contributed by atoms with van der Waals surface area (Å²) in [5, 5.41) is 5.55. The van der Waals surface area contributed by atoms with Gasteiger partial charge in [0, 0.05) is 18.5 Å². The van der Waals surface area contributed by atoms with Crippen molar-refractivity contribution in [2.75, 3.05) is 0 Å². The summed E-state index contributed by atoms with van der Waals surface area (Å²) < 4.78 is 0. The zero-order valence-corrected chi connectivity index (χ0v) is 6.39.